The Balaban J connectivity index is 1.52. The number of rotatable bonds is 7. The van der Waals surface area contributed by atoms with Crippen molar-refractivity contribution < 1.29 is 28.6 Å². The average molecular weight is 454 g/mol. The van der Waals surface area contributed by atoms with Crippen LogP contribution < -0.4 is 5.43 Å². The van der Waals surface area contributed by atoms with Gasteiger partial charge in [-0.05, 0) is 43.2 Å². The topological polar surface area (TPSA) is 115 Å². The highest BCUT2D eigenvalue weighted by molar-refractivity contribution is 6.68. The number of phenols is 1. The first-order chi connectivity index (χ1) is 15.8. The molecule has 1 aliphatic heterocycles. The number of carbonyl (C=O) groups is 2. The van der Waals surface area contributed by atoms with E-state index in [4.69, 9.17) is 5.11 Å². The Labute approximate surface area is 187 Å². The number of phenolic OH excluding ortho intramolecular Hbond substituents is 1. The van der Waals surface area contributed by atoms with Gasteiger partial charge in [0.2, 0.25) is 0 Å². The lowest BCUT2D eigenvalue weighted by Gasteiger charge is -2.11. The molecule has 170 valence electrons. The molecule has 0 unspecified atom stereocenters. The van der Waals surface area contributed by atoms with Crippen LogP contribution in [0.2, 0.25) is 0 Å². The van der Waals surface area contributed by atoms with Crippen LogP contribution in [0.25, 0.3) is 11.6 Å². The molecule has 33 heavy (non-hydrogen) atoms. The molecule has 8 nitrogen and oxygen atoms in total. The van der Waals surface area contributed by atoms with E-state index < -0.39 is 23.5 Å². The maximum atomic E-state index is 14.1. The third-order valence-electron chi connectivity index (χ3n) is 5.41. The van der Waals surface area contributed by atoms with Gasteiger partial charge in [0, 0.05) is 36.1 Å². The molecule has 0 radical (unpaired) electrons. The predicted octanol–water partition coefficient (Wildman–Crippen LogP) is 3.62. The molecule has 2 aromatic carbocycles. The van der Waals surface area contributed by atoms with Crippen LogP contribution in [0.15, 0.2) is 40.5 Å². The van der Waals surface area contributed by atoms with E-state index >= 15 is 0 Å². The van der Waals surface area contributed by atoms with Crippen LogP contribution >= 0.6 is 0 Å². The minimum absolute atomic E-state index is 0.0340. The third-order valence-corrected chi connectivity index (χ3v) is 5.41. The van der Waals surface area contributed by atoms with E-state index in [2.05, 4.69) is 15.6 Å². The number of halogens is 2. The van der Waals surface area contributed by atoms with Crippen LogP contribution in [0.4, 0.5) is 14.5 Å². The highest BCUT2D eigenvalue weighted by atomic mass is 19.1. The number of carbonyl (C=O) groups excluding carboxylic acids is 1. The Morgan fingerprint density at radius 2 is 2.00 bits per heavy atom. The van der Waals surface area contributed by atoms with Crippen LogP contribution in [0.1, 0.15) is 36.5 Å². The molecule has 0 fully saturated rings. The summed E-state index contributed by atoms with van der Waals surface area (Å²) >= 11 is 0. The zero-order valence-electron chi connectivity index (χ0n) is 17.6. The number of carboxylic acids is 1. The number of aromatic hydroxyl groups is 1. The summed E-state index contributed by atoms with van der Waals surface area (Å²) in [6.07, 6.45) is 1.79. The van der Waals surface area contributed by atoms with E-state index in [-0.39, 0.29) is 54.1 Å². The van der Waals surface area contributed by atoms with Crippen molar-refractivity contribution in [2.45, 2.75) is 26.2 Å². The van der Waals surface area contributed by atoms with Gasteiger partial charge in [-0.1, -0.05) is 12.1 Å². The van der Waals surface area contributed by atoms with Crippen molar-refractivity contribution in [3.63, 3.8) is 0 Å². The van der Waals surface area contributed by atoms with Crippen LogP contribution in [0.3, 0.4) is 0 Å². The molecule has 0 bridgehead atoms. The largest absolute Gasteiger partial charge is 0.505 e. The van der Waals surface area contributed by atoms with Crippen LogP contribution in [0, 0.1) is 11.6 Å². The summed E-state index contributed by atoms with van der Waals surface area (Å²) in [4.78, 5) is 23.2. The summed E-state index contributed by atoms with van der Waals surface area (Å²) < 4.78 is 28.2. The summed E-state index contributed by atoms with van der Waals surface area (Å²) in [6, 6.07) is 6.95. The Hall–Kier alpha value is -4.08. The number of para-hydroxylation sites is 1. The van der Waals surface area contributed by atoms with Gasteiger partial charge in [0.15, 0.2) is 5.71 Å². The molecule has 0 saturated heterocycles. The molecule has 10 heteroatoms. The number of carboxylic acid groups (broad SMARTS) is 1. The number of amides is 1. The van der Waals surface area contributed by atoms with E-state index in [0.29, 0.717) is 16.8 Å². The quantitative estimate of drug-likeness (QED) is 0.437. The SMILES string of the molecule is CC1=NN(CCCC(=O)O)C(=O)/C1=N\Nc1cccc(C2=Cc3c(F)ccc(F)c3C2)c1O. The lowest BCUT2D eigenvalue weighted by molar-refractivity contribution is -0.137. The van der Waals surface area contributed by atoms with Crippen molar-refractivity contribution in [1.29, 1.82) is 0 Å². The van der Waals surface area contributed by atoms with E-state index in [0.717, 1.165) is 17.1 Å². The molecule has 3 N–H and O–H groups in total. The summed E-state index contributed by atoms with van der Waals surface area (Å²) in [5.41, 5.74) is 4.55. The Kier molecular flexibility index (Phi) is 5.91. The lowest BCUT2D eigenvalue weighted by Crippen LogP contribution is -2.29. The second-order valence-electron chi connectivity index (χ2n) is 7.65. The normalized spacial score (nSPS) is 16.2. The minimum Gasteiger partial charge on any atom is -0.505 e. The third kappa shape index (κ3) is 4.32. The first-order valence-electron chi connectivity index (χ1n) is 10.2. The van der Waals surface area contributed by atoms with Crippen molar-refractivity contribution in [2.24, 2.45) is 10.2 Å². The molecule has 0 atom stereocenters. The number of fused-ring (bicyclic) bond motifs is 1. The number of allylic oxidation sites excluding steroid dienone is 1. The summed E-state index contributed by atoms with van der Waals surface area (Å²) in [5.74, 6) is -2.68. The number of hydrazone groups is 2. The number of benzene rings is 2. The number of nitrogens with one attached hydrogen (secondary N) is 1. The zero-order valence-corrected chi connectivity index (χ0v) is 17.6. The maximum absolute atomic E-state index is 14.1. The van der Waals surface area contributed by atoms with Crippen molar-refractivity contribution in [3.05, 3.63) is 58.7 Å². The Morgan fingerprint density at radius 3 is 2.73 bits per heavy atom. The van der Waals surface area contributed by atoms with Gasteiger partial charge in [-0.15, -0.1) is 0 Å². The molecule has 4 rings (SSSR count). The van der Waals surface area contributed by atoms with Gasteiger partial charge in [-0.2, -0.15) is 10.2 Å². The van der Waals surface area contributed by atoms with Gasteiger partial charge in [0.1, 0.15) is 17.4 Å². The Bertz CT molecular complexity index is 1250. The fourth-order valence-electron chi connectivity index (χ4n) is 3.75. The lowest BCUT2D eigenvalue weighted by atomic mass is 10.0. The van der Waals surface area contributed by atoms with Crippen molar-refractivity contribution in [3.8, 4) is 5.75 Å². The average Bonchev–Trinajstić information content (AvgIpc) is 3.33. The molecule has 2 aliphatic rings. The highest BCUT2D eigenvalue weighted by Crippen LogP contribution is 2.40. The molecular weight excluding hydrogens is 434 g/mol. The molecule has 2 aromatic rings. The van der Waals surface area contributed by atoms with Crippen LogP contribution in [-0.4, -0.2) is 45.1 Å². The van der Waals surface area contributed by atoms with Crippen molar-refractivity contribution in [1.82, 2.24) is 5.01 Å². The van der Waals surface area contributed by atoms with E-state index in [1.165, 1.54) is 6.08 Å². The zero-order chi connectivity index (χ0) is 23.7. The van der Waals surface area contributed by atoms with Crippen molar-refractivity contribution in [2.75, 3.05) is 12.0 Å². The summed E-state index contributed by atoms with van der Waals surface area (Å²) in [5, 5.41) is 28.8. The maximum Gasteiger partial charge on any atom is 0.303 e. The van der Waals surface area contributed by atoms with Gasteiger partial charge >= 0.3 is 5.97 Å². The van der Waals surface area contributed by atoms with E-state index in [1.807, 2.05) is 0 Å². The number of hydrogen-bond donors (Lipinski definition) is 3. The first-order valence-corrected chi connectivity index (χ1v) is 10.2. The van der Waals surface area contributed by atoms with Crippen molar-refractivity contribution >= 4 is 40.6 Å². The van der Waals surface area contributed by atoms with E-state index in [1.54, 1.807) is 25.1 Å². The standard InChI is InChI=1S/C23H20F2N4O4/c1-12-21(23(33)29(28-12)9-3-6-20(30)31)27-26-19-5-2-4-14(22(19)32)13-10-15-16(11-13)18(25)8-7-17(15)24/h2,4-5,7-8,10,26,32H,3,6,9,11H2,1H3,(H,30,31)/b27-21-. The second kappa shape index (κ2) is 8.81. The summed E-state index contributed by atoms with van der Waals surface area (Å²) in [6.45, 7) is 1.74. The number of nitrogens with zero attached hydrogens (tertiary/aromatic N) is 3. The number of aliphatic carboxylic acids is 1. The number of anilines is 1. The number of hydrogen-bond acceptors (Lipinski definition) is 6. The Morgan fingerprint density at radius 1 is 1.24 bits per heavy atom. The van der Waals surface area contributed by atoms with Crippen LogP contribution in [0.5, 0.6) is 5.75 Å². The predicted molar refractivity (Wildman–Crippen MR) is 119 cm³/mol. The minimum atomic E-state index is -0.959. The van der Waals surface area contributed by atoms with Gasteiger partial charge in [-0.25, -0.2) is 13.8 Å². The van der Waals surface area contributed by atoms with Gasteiger partial charge < -0.3 is 10.2 Å². The van der Waals surface area contributed by atoms with Crippen LogP contribution in [-0.2, 0) is 16.0 Å². The first kappa shape index (κ1) is 22.1. The van der Waals surface area contributed by atoms with E-state index in [9.17, 15) is 23.5 Å². The molecule has 0 aromatic heterocycles. The molecule has 0 saturated carbocycles. The summed E-state index contributed by atoms with van der Waals surface area (Å²) in [7, 11) is 0. The van der Waals surface area contributed by atoms with Gasteiger partial charge in [0.25, 0.3) is 5.91 Å². The van der Waals surface area contributed by atoms with Gasteiger partial charge in [-0.3, -0.25) is 15.0 Å². The molecule has 0 spiro atoms. The molecular formula is C23H20F2N4O4. The monoisotopic (exact) mass is 454 g/mol. The van der Waals surface area contributed by atoms with Gasteiger partial charge in [0.05, 0.1) is 11.4 Å². The molecule has 1 aliphatic carbocycles. The molecule has 1 heterocycles. The smallest absolute Gasteiger partial charge is 0.303 e. The highest BCUT2D eigenvalue weighted by Gasteiger charge is 2.29. The molecule has 1 amide bonds. The second-order valence-corrected chi connectivity index (χ2v) is 7.65. The fraction of sp³-hybridized carbons (Fsp3) is 0.217. The fourth-order valence-corrected chi connectivity index (χ4v) is 3.75.